The predicted molar refractivity (Wildman–Crippen MR) is 99.5 cm³/mol. The van der Waals surface area contributed by atoms with Crippen molar-refractivity contribution in [1.29, 1.82) is 0 Å². The van der Waals surface area contributed by atoms with Crippen LogP contribution < -0.4 is 0 Å². The molecule has 6 nitrogen and oxygen atoms in total. The van der Waals surface area contributed by atoms with Crippen molar-refractivity contribution >= 4 is 17.9 Å². The Kier molecular flexibility index (Phi) is 6.34. The van der Waals surface area contributed by atoms with Crippen molar-refractivity contribution in [2.24, 2.45) is 0 Å². The van der Waals surface area contributed by atoms with Crippen molar-refractivity contribution in [2.45, 2.75) is 55.6 Å². The molecule has 0 aromatic carbocycles. The molecule has 148 valence electrons. The first-order valence-corrected chi connectivity index (χ1v) is 12.3. The van der Waals surface area contributed by atoms with Crippen LogP contribution in [0.15, 0.2) is 22.3 Å². The zero-order chi connectivity index (χ0) is 21.0. The molecule has 0 fully saturated rings. The van der Waals surface area contributed by atoms with Crippen molar-refractivity contribution < 1.29 is 42.1 Å². The van der Waals surface area contributed by atoms with E-state index in [9.17, 15) is 14.4 Å². The molecule has 0 aromatic heterocycles. The molecule has 0 heterocycles. The molecule has 0 N–H and O–H groups in total. The quantitative estimate of drug-likeness (QED) is 0.506. The van der Waals surface area contributed by atoms with Crippen LogP contribution in [-0.4, -0.2) is 17.9 Å². The van der Waals surface area contributed by atoms with E-state index < -0.39 is 39.9 Å². The molecule has 3 aliphatic carbocycles. The van der Waals surface area contributed by atoms with E-state index in [1.807, 2.05) is 17.8 Å². The van der Waals surface area contributed by atoms with Crippen LogP contribution in [0.3, 0.4) is 0 Å². The Bertz CT molecular complexity index is 880. The van der Waals surface area contributed by atoms with E-state index in [-0.39, 0.29) is 0 Å². The fourth-order valence-electron chi connectivity index (χ4n) is 4.50. The third-order valence-corrected chi connectivity index (χ3v) is 10.1. The summed E-state index contributed by atoms with van der Waals surface area (Å²) < 4.78 is 15.7. The number of allylic oxidation sites excluding steroid dienone is 4. The molecule has 3 rings (SSSR count). The Morgan fingerprint density at radius 2 is 1.31 bits per heavy atom. The summed E-state index contributed by atoms with van der Waals surface area (Å²) in [7, 11) is 0. The van der Waals surface area contributed by atoms with Crippen molar-refractivity contribution in [3.05, 3.63) is 22.3 Å². The molecule has 0 radical (unpaired) electrons. The second kappa shape index (κ2) is 8.75. The van der Waals surface area contributed by atoms with E-state index >= 15 is 0 Å². The first-order chi connectivity index (χ1) is 13.9. The van der Waals surface area contributed by atoms with Gasteiger partial charge in [0.05, 0.1) is 0 Å². The molecule has 0 aromatic rings. The van der Waals surface area contributed by atoms with Gasteiger partial charge in [0.25, 0.3) is 0 Å². The number of terminal acetylenes is 3. The second-order valence-corrected chi connectivity index (χ2v) is 11.0. The number of hydrogen-bond acceptors (Lipinski definition) is 6. The van der Waals surface area contributed by atoms with Gasteiger partial charge in [0.15, 0.2) is 0 Å². The Labute approximate surface area is 174 Å². The van der Waals surface area contributed by atoms with Crippen LogP contribution in [0.2, 0.25) is 4.22 Å². The molecule has 0 spiro atoms. The summed E-state index contributed by atoms with van der Waals surface area (Å²) in [6, 6.07) is 0. The molecular formula is C22H20O6Ti. The zero-order valence-electron chi connectivity index (χ0n) is 15.9. The molecule has 29 heavy (non-hydrogen) atoms. The van der Waals surface area contributed by atoms with Gasteiger partial charge in [-0.15, -0.1) is 0 Å². The van der Waals surface area contributed by atoms with Crippen molar-refractivity contribution in [1.82, 2.24) is 0 Å². The number of carbonyl (C=O) groups excluding carboxylic acids is 3. The maximum atomic E-state index is 12.0. The second-order valence-electron chi connectivity index (χ2n) is 7.12. The van der Waals surface area contributed by atoms with Gasteiger partial charge < -0.3 is 0 Å². The standard InChI is InChI=1S/C13H17.3C3H2O2.Ti/c1-3-7-12-10(5-1)9-11-6-2-4-8-13(11)12;3*1-2-3(4)5;/h5H,1-4,6-9H2;3*1H,(H,4,5);/q;;;;+3/p-3. The van der Waals surface area contributed by atoms with E-state index in [1.54, 1.807) is 0 Å². The van der Waals surface area contributed by atoms with Gasteiger partial charge in [-0.1, -0.05) is 0 Å². The third kappa shape index (κ3) is 4.18. The Morgan fingerprint density at radius 3 is 1.86 bits per heavy atom. The molecule has 0 bridgehead atoms. The van der Waals surface area contributed by atoms with Crippen LogP contribution in [0.4, 0.5) is 0 Å². The van der Waals surface area contributed by atoms with Crippen molar-refractivity contribution in [2.75, 3.05) is 0 Å². The zero-order valence-corrected chi connectivity index (χ0v) is 17.5. The van der Waals surface area contributed by atoms with Gasteiger partial charge in [0.2, 0.25) is 0 Å². The maximum absolute atomic E-state index is 12.0. The Balaban J connectivity index is 2.08. The first-order valence-electron chi connectivity index (χ1n) is 9.46. The number of fused-ring (bicyclic) bond motifs is 1. The molecule has 7 heteroatoms. The van der Waals surface area contributed by atoms with E-state index in [0.29, 0.717) is 12.8 Å². The normalized spacial score (nSPS) is 20.4. The minimum atomic E-state index is -5.03. The fourth-order valence-corrected chi connectivity index (χ4v) is 8.82. The average molecular weight is 428 g/mol. The van der Waals surface area contributed by atoms with Crippen LogP contribution in [-0.2, 0) is 42.1 Å². The first kappa shape index (κ1) is 21.0. The summed E-state index contributed by atoms with van der Waals surface area (Å²) in [6.07, 6.45) is 22.6. The molecule has 3 aliphatic rings. The van der Waals surface area contributed by atoms with Gasteiger partial charge in [0.1, 0.15) is 0 Å². The topological polar surface area (TPSA) is 78.9 Å². The molecule has 0 aliphatic heterocycles. The molecule has 0 amide bonds. The van der Waals surface area contributed by atoms with E-state index in [2.05, 4.69) is 0 Å². The monoisotopic (exact) mass is 428 g/mol. The number of rotatable bonds is 4. The average Bonchev–Trinajstić information content (AvgIpc) is 3.11. The van der Waals surface area contributed by atoms with Crippen molar-refractivity contribution in [3.63, 3.8) is 0 Å². The van der Waals surface area contributed by atoms with Gasteiger partial charge >= 0.3 is 175 Å². The van der Waals surface area contributed by atoms with Gasteiger partial charge in [-0.25, -0.2) is 0 Å². The van der Waals surface area contributed by atoms with E-state index in [4.69, 9.17) is 29.2 Å². The molecule has 0 saturated carbocycles. The van der Waals surface area contributed by atoms with Gasteiger partial charge in [-0.2, -0.15) is 0 Å². The van der Waals surface area contributed by atoms with Crippen LogP contribution in [0.1, 0.15) is 51.4 Å². The molecule has 0 saturated heterocycles. The van der Waals surface area contributed by atoms with Crippen molar-refractivity contribution in [3.8, 4) is 37.0 Å². The van der Waals surface area contributed by atoms with Gasteiger partial charge in [-0.3, -0.25) is 0 Å². The minimum absolute atomic E-state index is 0.521. The predicted octanol–water partition coefficient (Wildman–Crippen LogP) is 2.96. The summed E-state index contributed by atoms with van der Waals surface area (Å²) in [5, 5.41) is 0. The van der Waals surface area contributed by atoms with Gasteiger partial charge in [0, 0.05) is 0 Å². The van der Waals surface area contributed by atoms with E-state index in [0.717, 1.165) is 44.1 Å². The summed E-state index contributed by atoms with van der Waals surface area (Å²) in [5.74, 6) is 2.23. The summed E-state index contributed by atoms with van der Waals surface area (Å²) in [4.78, 5) is 36.1. The Hall–Kier alpha value is -2.72. The molecular weight excluding hydrogens is 408 g/mol. The van der Waals surface area contributed by atoms with Crippen LogP contribution in [0.5, 0.6) is 0 Å². The van der Waals surface area contributed by atoms with E-state index in [1.165, 1.54) is 16.7 Å². The van der Waals surface area contributed by atoms with Gasteiger partial charge in [-0.05, 0) is 0 Å². The third-order valence-electron chi connectivity index (χ3n) is 5.56. The Morgan fingerprint density at radius 1 is 0.793 bits per heavy atom. The summed E-state index contributed by atoms with van der Waals surface area (Å²) in [6.45, 7) is 0. The molecule has 1 atom stereocenters. The summed E-state index contributed by atoms with van der Waals surface area (Å²) in [5.41, 5.74) is 4.92. The fraction of sp³-hybridized carbons (Fsp3) is 0.409. The van der Waals surface area contributed by atoms with Crippen LogP contribution in [0.25, 0.3) is 0 Å². The SMILES string of the molecule is C#CC(=O)[O][Ti]([O]C(=O)C#C)([O]C(=O)C#C)[CH]1CCCC2=C1CC1=C2CCCC1. The number of hydrogen-bond donors (Lipinski definition) is 0. The van der Waals surface area contributed by atoms with Crippen LogP contribution >= 0.6 is 0 Å². The summed E-state index contributed by atoms with van der Waals surface area (Å²) >= 11 is -5.03. The molecule has 1 unspecified atom stereocenters. The van der Waals surface area contributed by atoms with Crippen LogP contribution in [0, 0.1) is 37.0 Å². The number of carbonyl (C=O) groups is 3.